The van der Waals surface area contributed by atoms with Gasteiger partial charge in [0, 0.05) is 10.0 Å². The van der Waals surface area contributed by atoms with Crippen LogP contribution in [0.1, 0.15) is 31.2 Å². The third-order valence-electron chi connectivity index (χ3n) is 2.20. The second kappa shape index (κ2) is 6.31. The number of hydrogen-bond donors (Lipinski definition) is 0. The van der Waals surface area contributed by atoms with Crippen molar-refractivity contribution >= 4 is 23.2 Å². The van der Waals surface area contributed by atoms with Gasteiger partial charge < -0.3 is 0 Å². The van der Waals surface area contributed by atoms with Gasteiger partial charge in [-0.05, 0) is 36.6 Å². The number of benzene rings is 1. The number of hydrogen-bond acceptors (Lipinski definition) is 0. The molecule has 0 aliphatic carbocycles. The van der Waals surface area contributed by atoms with Gasteiger partial charge in [0.15, 0.2) is 0 Å². The lowest BCUT2D eigenvalue weighted by Crippen LogP contribution is -1.87. The summed E-state index contributed by atoms with van der Waals surface area (Å²) in [6, 6.07) is 5.64. The maximum atomic E-state index is 6.04. The number of halogens is 2. The van der Waals surface area contributed by atoms with Gasteiger partial charge in [-0.15, -0.1) is 0 Å². The van der Waals surface area contributed by atoms with E-state index in [9.17, 15) is 0 Å². The quantitative estimate of drug-likeness (QED) is 0.629. The van der Waals surface area contributed by atoms with Crippen LogP contribution in [-0.2, 0) is 6.42 Å². The second-order valence-corrected chi connectivity index (χ2v) is 4.24. The Kier molecular flexibility index (Phi) is 5.36. The summed E-state index contributed by atoms with van der Waals surface area (Å²) < 4.78 is 0. The molecule has 0 aliphatic rings. The van der Waals surface area contributed by atoms with Crippen LogP contribution in [0.25, 0.3) is 0 Å². The third kappa shape index (κ3) is 3.89. The van der Waals surface area contributed by atoms with Crippen molar-refractivity contribution in [3.8, 4) is 0 Å². The molecule has 0 unspecified atom stereocenters. The summed E-state index contributed by atoms with van der Waals surface area (Å²) in [5.74, 6) is 0. The van der Waals surface area contributed by atoms with Crippen molar-refractivity contribution in [1.82, 2.24) is 0 Å². The zero-order valence-electron chi connectivity index (χ0n) is 8.23. The average Bonchev–Trinajstić information content (AvgIpc) is 2.18. The molecular weight excluding hydrogens is 215 g/mol. The highest BCUT2D eigenvalue weighted by atomic mass is 35.5. The van der Waals surface area contributed by atoms with E-state index in [-0.39, 0.29) is 0 Å². The van der Waals surface area contributed by atoms with Gasteiger partial charge in [0.05, 0.1) is 0 Å². The molecule has 0 aromatic heterocycles. The summed E-state index contributed by atoms with van der Waals surface area (Å²) in [7, 11) is 0. The molecule has 2 heteroatoms. The minimum atomic E-state index is 0.765. The van der Waals surface area contributed by atoms with E-state index in [0.29, 0.717) is 0 Å². The van der Waals surface area contributed by atoms with Gasteiger partial charge in [0.1, 0.15) is 0 Å². The van der Waals surface area contributed by atoms with Gasteiger partial charge in [0.2, 0.25) is 0 Å². The van der Waals surface area contributed by atoms with E-state index in [0.717, 1.165) is 34.9 Å². The minimum Gasteiger partial charge on any atom is -0.0843 e. The van der Waals surface area contributed by atoms with Gasteiger partial charge in [-0.25, -0.2) is 0 Å². The lowest BCUT2D eigenvalue weighted by atomic mass is 10.1. The Morgan fingerprint density at radius 2 is 1.86 bits per heavy atom. The van der Waals surface area contributed by atoms with E-state index in [1.165, 1.54) is 12.8 Å². The van der Waals surface area contributed by atoms with Crippen molar-refractivity contribution in [2.75, 3.05) is 0 Å². The third-order valence-corrected chi connectivity index (χ3v) is 2.81. The molecule has 0 bridgehead atoms. The molecule has 0 aliphatic heterocycles. The van der Waals surface area contributed by atoms with Crippen LogP contribution in [0.2, 0.25) is 10.0 Å². The van der Waals surface area contributed by atoms with Crippen molar-refractivity contribution in [2.45, 2.75) is 32.1 Å². The van der Waals surface area contributed by atoms with Crippen molar-refractivity contribution in [1.29, 1.82) is 0 Å². The molecule has 1 rings (SSSR count). The zero-order valence-corrected chi connectivity index (χ0v) is 9.74. The van der Waals surface area contributed by atoms with E-state index in [1.807, 2.05) is 18.2 Å². The van der Waals surface area contributed by atoms with E-state index in [4.69, 9.17) is 23.2 Å². The molecule has 0 N–H and O–H groups in total. The summed E-state index contributed by atoms with van der Waals surface area (Å²) >= 11 is 11.9. The summed E-state index contributed by atoms with van der Waals surface area (Å²) in [6.07, 6.45) is 5.60. The molecule has 14 heavy (non-hydrogen) atoms. The van der Waals surface area contributed by atoms with Crippen LogP contribution >= 0.6 is 23.2 Å². The molecule has 0 nitrogen and oxygen atoms in total. The molecule has 0 amide bonds. The monoisotopic (exact) mass is 229 g/mol. The Labute approximate surface area is 96.2 Å². The molecule has 0 heterocycles. The van der Waals surface area contributed by atoms with Gasteiger partial charge in [-0.2, -0.15) is 0 Å². The van der Waals surface area contributed by atoms with Gasteiger partial charge in [-0.3, -0.25) is 0 Å². The summed E-state index contributed by atoms with van der Waals surface area (Å²) in [5, 5.41) is 1.59. The number of rotatable bonds is 5. The number of unbranched alkanes of at least 4 members (excludes halogenated alkanes) is 3. The Bertz CT molecular complexity index is 282. The molecule has 77 valence electrons. The first-order valence-electron chi connectivity index (χ1n) is 4.97. The highest BCUT2D eigenvalue weighted by Crippen LogP contribution is 2.22. The Morgan fingerprint density at radius 1 is 1.07 bits per heavy atom. The maximum Gasteiger partial charge on any atom is 0.0439 e. The molecule has 1 aromatic rings. The first-order chi connectivity index (χ1) is 6.74. The van der Waals surface area contributed by atoms with Gasteiger partial charge in [0.25, 0.3) is 0 Å². The molecule has 1 radical (unpaired) electrons. The second-order valence-electron chi connectivity index (χ2n) is 3.40. The minimum absolute atomic E-state index is 0.765. The lowest BCUT2D eigenvalue weighted by Gasteiger charge is -2.04. The van der Waals surface area contributed by atoms with E-state index in [1.54, 1.807) is 0 Å². The van der Waals surface area contributed by atoms with Crippen molar-refractivity contribution in [2.24, 2.45) is 0 Å². The molecule has 0 atom stereocenters. The first kappa shape index (κ1) is 11.9. The summed E-state index contributed by atoms with van der Waals surface area (Å²) in [6.45, 7) is 3.81. The van der Waals surface area contributed by atoms with Crippen LogP contribution < -0.4 is 0 Å². The smallest absolute Gasteiger partial charge is 0.0439 e. The zero-order chi connectivity index (χ0) is 10.4. The van der Waals surface area contributed by atoms with Crippen LogP contribution in [0.5, 0.6) is 0 Å². The predicted molar refractivity (Wildman–Crippen MR) is 64.0 cm³/mol. The van der Waals surface area contributed by atoms with Crippen molar-refractivity contribution < 1.29 is 0 Å². The highest BCUT2D eigenvalue weighted by molar-refractivity contribution is 6.33. The highest BCUT2D eigenvalue weighted by Gasteiger charge is 2.00. The van der Waals surface area contributed by atoms with Crippen molar-refractivity contribution in [3.05, 3.63) is 40.7 Å². The molecule has 0 saturated carbocycles. The summed E-state index contributed by atoms with van der Waals surface area (Å²) in [4.78, 5) is 0. The fourth-order valence-corrected chi connectivity index (χ4v) is 1.81. The largest absolute Gasteiger partial charge is 0.0843 e. The van der Waals surface area contributed by atoms with E-state index >= 15 is 0 Å². The standard InChI is InChI=1S/C12H15Cl2/c1-2-3-4-5-6-10-9-11(13)7-8-12(10)14/h7-9H,1-6H2. The predicted octanol–water partition coefficient (Wildman–Crippen LogP) is 4.93. The molecule has 1 aromatic carbocycles. The number of aryl methyl sites for hydroxylation is 1. The fourth-order valence-electron chi connectivity index (χ4n) is 1.40. The molecular formula is C12H15Cl2. The van der Waals surface area contributed by atoms with E-state index in [2.05, 4.69) is 6.92 Å². The van der Waals surface area contributed by atoms with Crippen LogP contribution in [0.4, 0.5) is 0 Å². The Balaban J connectivity index is 2.45. The van der Waals surface area contributed by atoms with Crippen molar-refractivity contribution in [3.63, 3.8) is 0 Å². The topological polar surface area (TPSA) is 0 Å². The Hall–Kier alpha value is -0.200. The average molecular weight is 230 g/mol. The maximum absolute atomic E-state index is 6.04. The fraction of sp³-hybridized carbons (Fsp3) is 0.417. The van der Waals surface area contributed by atoms with Crippen LogP contribution in [0, 0.1) is 6.92 Å². The molecule has 0 saturated heterocycles. The summed E-state index contributed by atoms with van der Waals surface area (Å²) in [5.41, 5.74) is 1.16. The Morgan fingerprint density at radius 3 is 2.57 bits per heavy atom. The van der Waals surface area contributed by atoms with Gasteiger partial charge in [-0.1, -0.05) is 49.4 Å². The van der Waals surface area contributed by atoms with Gasteiger partial charge >= 0.3 is 0 Å². The lowest BCUT2D eigenvalue weighted by molar-refractivity contribution is 0.686. The van der Waals surface area contributed by atoms with E-state index < -0.39 is 0 Å². The first-order valence-corrected chi connectivity index (χ1v) is 5.73. The van der Waals surface area contributed by atoms with Crippen LogP contribution in [-0.4, -0.2) is 0 Å². The van der Waals surface area contributed by atoms with Crippen LogP contribution in [0.15, 0.2) is 18.2 Å². The molecule has 0 fully saturated rings. The SMILES string of the molecule is [CH2]CCCCCc1cc(Cl)ccc1Cl. The normalized spacial score (nSPS) is 10.5. The van der Waals surface area contributed by atoms with Crippen LogP contribution in [0.3, 0.4) is 0 Å². The molecule has 0 spiro atoms.